The minimum absolute atomic E-state index is 0.00813. The predicted octanol–water partition coefficient (Wildman–Crippen LogP) is 0.997. The van der Waals surface area contributed by atoms with Gasteiger partial charge in [0.15, 0.2) is 0 Å². The Morgan fingerprint density at radius 1 is 1.42 bits per heavy atom. The van der Waals surface area contributed by atoms with E-state index in [1.807, 2.05) is 6.92 Å². The summed E-state index contributed by atoms with van der Waals surface area (Å²) in [6, 6.07) is 0.00813. The van der Waals surface area contributed by atoms with Crippen molar-refractivity contribution in [3.05, 3.63) is 0 Å². The van der Waals surface area contributed by atoms with E-state index in [1.165, 1.54) is 0 Å². The highest BCUT2D eigenvalue weighted by atomic mass is 16.4. The van der Waals surface area contributed by atoms with Crippen LogP contribution in [0, 0.1) is 5.92 Å². The van der Waals surface area contributed by atoms with Crippen LogP contribution >= 0.6 is 0 Å². The summed E-state index contributed by atoms with van der Waals surface area (Å²) in [6.45, 7) is 4.58. The molecule has 6 heteroatoms. The lowest BCUT2D eigenvalue weighted by atomic mass is 10.0. The third kappa shape index (κ3) is 5.06. The molecule has 0 saturated carbocycles. The number of urea groups is 1. The van der Waals surface area contributed by atoms with Gasteiger partial charge in [0.1, 0.15) is 0 Å². The largest absolute Gasteiger partial charge is 0.481 e. The molecule has 0 bridgehead atoms. The summed E-state index contributed by atoms with van der Waals surface area (Å²) in [5.74, 6) is -0.473. The zero-order valence-electron chi connectivity index (χ0n) is 11.5. The Hall–Kier alpha value is -1.30. The van der Waals surface area contributed by atoms with Gasteiger partial charge in [0.2, 0.25) is 0 Å². The van der Waals surface area contributed by atoms with Crippen molar-refractivity contribution in [2.45, 2.75) is 32.6 Å². The minimum Gasteiger partial charge on any atom is -0.481 e. The molecule has 0 aromatic heterocycles. The van der Waals surface area contributed by atoms with Crippen LogP contribution in [0.1, 0.15) is 32.6 Å². The maximum Gasteiger partial charge on any atom is 0.319 e. The number of carboxylic acids is 1. The van der Waals surface area contributed by atoms with Crippen LogP contribution in [0.2, 0.25) is 0 Å². The highest BCUT2D eigenvalue weighted by molar-refractivity contribution is 5.74. The average Bonchev–Trinajstić information content (AvgIpc) is 2.85. The second-order valence-electron chi connectivity index (χ2n) is 4.97. The number of aliphatic hydroxyl groups is 1. The first-order valence-electron chi connectivity index (χ1n) is 6.95. The van der Waals surface area contributed by atoms with Crippen LogP contribution in [0.4, 0.5) is 4.79 Å². The first-order chi connectivity index (χ1) is 9.08. The molecule has 0 aromatic carbocycles. The number of rotatable bonds is 7. The molecule has 1 saturated heterocycles. The van der Waals surface area contributed by atoms with Gasteiger partial charge in [-0.1, -0.05) is 0 Å². The normalized spacial score (nSPS) is 18.6. The Morgan fingerprint density at radius 2 is 2.16 bits per heavy atom. The fourth-order valence-corrected chi connectivity index (χ4v) is 2.42. The van der Waals surface area contributed by atoms with Crippen molar-refractivity contribution >= 4 is 12.0 Å². The molecule has 0 aliphatic carbocycles. The van der Waals surface area contributed by atoms with Gasteiger partial charge in [-0.25, -0.2) is 4.79 Å². The first kappa shape index (κ1) is 15.8. The van der Waals surface area contributed by atoms with E-state index in [1.54, 1.807) is 9.80 Å². The van der Waals surface area contributed by atoms with Gasteiger partial charge in [-0.3, -0.25) is 4.79 Å². The lowest BCUT2D eigenvalue weighted by Gasteiger charge is -2.27. The Balaban J connectivity index is 2.39. The Kier molecular flexibility index (Phi) is 6.62. The molecule has 1 fully saturated rings. The standard InChI is InChI=1S/C13H24N2O4/c1-2-14(7-3-9-16)13(19)15-8-6-11(10-15)4-5-12(17)18/h11,16H,2-10H2,1H3,(H,17,18). The van der Waals surface area contributed by atoms with E-state index in [2.05, 4.69) is 0 Å². The number of hydrogen-bond acceptors (Lipinski definition) is 3. The van der Waals surface area contributed by atoms with Gasteiger partial charge < -0.3 is 20.0 Å². The second kappa shape index (κ2) is 7.99. The molecule has 2 amide bonds. The molecular formula is C13H24N2O4. The molecule has 6 nitrogen and oxygen atoms in total. The number of carboxylic acid groups (broad SMARTS) is 1. The average molecular weight is 272 g/mol. The third-order valence-corrected chi connectivity index (χ3v) is 3.56. The quantitative estimate of drug-likeness (QED) is 0.724. The van der Waals surface area contributed by atoms with Gasteiger partial charge in [-0.2, -0.15) is 0 Å². The van der Waals surface area contributed by atoms with E-state index >= 15 is 0 Å². The van der Waals surface area contributed by atoms with Crippen molar-refractivity contribution in [3.63, 3.8) is 0 Å². The molecule has 0 radical (unpaired) electrons. The lowest BCUT2D eigenvalue weighted by molar-refractivity contribution is -0.137. The van der Waals surface area contributed by atoms with E-state index in [9.17, 15) is 9.59 Å². The highest BCUT2D eigenvalue weighted by Crippen LogP contribution is 2.22. The van der Waals surface area contributed by atoms with Crippen molar-refractivity contribution in [2.75, 3.05) is 32.8 Å². The SMILES string of the molecule is CCN(CCCO)C(=O)N1CCC(CCC(=O)O)C1. The Morgan fingerprint density at radius 3 is 2.74 bits per heavy atom. The number of aliphatic hydroxyl groups excluding tert-OH is 1. The molecule has 19 heavy (non-hydrogen) atoms. The number of amides is 2. The Labute approximate surface area is 114 Å². The maximum atomic E-state index is 12.2. The van der Waals surface area contributed by atoms with Crippen molar-refractivity contribution in [1.82, 2.24) is 9.80 Å². The molecule has 1 atom stereocenters. The molecule has 1 unspecified atom stereocenters. The van der Waals surface area contributed by atoms with Gasteiger partial charge >= 0.3 is 12.0 Å². The number of carbonyl (C=O) groups excluding carboxylic acids is 1. The van der Waals surface area contributed by atoms with Crippen LogP contribution in [0.5, 0.6) is 0 Å². The summed E-state index contributed by atoms with van der Waals surface area (Å²) in [5.41, 5.74) is 0. The summed E-state index contributed by atoms with van der Waals surface area (Å²) < 4.78 is 0. The number of carbonyl (C=O) groups is 2. The topological polar surface area (TPSA) is 81.1 Å². The van der Waals surface area contributed by atoms with Crippen LogP contribution in [0.25, 0.3) is 0 Å². The van der Waals surface area contributed by atoms with Crippen LogP contribution < -0.4 is 0 Å². The predicted molar refractivity (Wildman–Crippen MR) is 70.9 cm³/mol. The van der Waals surface area contributed by atoms with Crippen LogP contribution in [-0.2, 0) is 4.79 Å². The zero-order chi connectivity index (χ0) is 14.3. The summed E-state index contributed by atoms with van der Waals surface area (Å²) in [4.78, 5) is 26.3. The summed E-state index contributed by atoms with van der Waals surface area (Å²) in [7, 11) is 0. The summed E-state index contributed by atoms with van der Waals surface area (Å²) in [5, 5.41) is 17.5. The number of hydrogen-bond donors (Lipinski definition) is 2. The van der Waals surface area contributed by atoms with Crippen LogP contribution in [-0.4, -0.2) is 64.8 Å². The van der Waals surface area contributed by atoms with E-state index in [4.69, 9.17) is 10.2 Å². The number of nitrogens with zero attached hydrogens (tertiary/aromatic N) is 2. The number of aliphatic carboxylic acids is 1. The monoisotopic (exact) mass is 272 g/mol. The van der Waals surface area contributed by atoms with Crippen molar-refractivity contribution in [1.29, 1.82) is 0 Å². The third-order valence-electron chi connectivity index (χ3n) is 3.56. The molecule has 1 heterocycles. The van der Waals surface area contributed by atoms with Crippen LogP contribution in [0.15, 0.2) is 0 Å². The van der Waals surface area contributed by atoms with Gasteiger partial charge in [-0.05, 0) is 32.1 Å². The smallest absolute Gasteiger partial charge is 0.319 e. The first-order valence-corrected chi connectivity index (χ1v) is 6.95. The minimum atomic E-state index is -0.775. The molecule has 110 valence electrons. The molecule has 1 rings (SSSR count). The molecule has 2 N–H and O–H groups in total. The molecule has 1 aliphatic heterocycles. The van der Waals surface area contributed by atoms with E-state index in [-0.39, 0.29) is 19.1 Å². The van der Waals surface area contributed by atoms with Crippen molar-refractivity contribution in [3.8, 4) is 0 Å². The second-order valence-corrected chi connectivity index (χ2v) is 4.97. The maximum absolute atomic E-state index is 12.2. The lowest BCUT2D eigenvalue weighted by Crippen LogP contribution is -2.42. The highest BCUT2D eigenvalue weighted by Gasteiger charge is 2.28. The fourth-order valence-electron chi connectivity index (χ4n) is 2.42. The molecule has 1 aliphatic rings. The van der Waals surface area contributed by atoms with Gasteiger partial charge in [0.05, 0.1) is 0 Å². The zero-order valence-corrected chi connectivity index (χ0v) is 11.5. The summed E-state index contributed by atoms with van der Waals surface area (Å²) in [6.07, 6.45) is 2.29. The van der Waals surface area contributed by atoms with E-state index in [0.29, 0.717) is 44.9 Å². The molecule has 0 spiro atoms. The van der Waals surface area contributed by atoms with Crippen molar-refractivity contribution in [2.24, 2.45) is 5.92 Å². The van der Waals surface area contributed by atoms with Gasteiger partial charge in [0.25, 0.3) is 0 Å². The van der Waals surface area contributed by atoms with Crippen molar-refractivity contribution < 1.29 is 19.8 Å². The molecule has 0 aromatic rings. The van der Waals surface area contributed by atoms with Gasteiger partial charge in [0, 0.05) is 39.2 Å². The van der Waals surface area contributed by atoms with E-state index < -0.39 is 5.97 Å². The van der Waals surface area contributed by atoms with E-state index in [0.717, 1.165) is 6.42 Å². The number of likely N-dealkylation sites (tertiary alicyclic amines) is 1. The van der Waals surface area contributed by atoms with Gasteiger partial charge in [-0.15, -0.1) is 0 Å². The summed E-state index contributed by atoms with van der Waals surface area (Å²) >= 11 is 0. The Bertz CT molecular complexity index is 309. The molecular weight excluding hydrogens is 248 g/mol. The van der Waals surface area contributed by atoms with Crippen LogP contribution in [0.3, 0.4) is 0 Å². The fraction of sp³-hybridized carbons (Fsp3) is 0.846.